The summed E-state index contributed by atoms with van der Waals surface area (Å²) in [5.74, 6) is -0.0810. The van der Waals surface area contributed by atoms with Crippen LogP contribution in [0.3, 0.4) is 0 Å². The Kier molecular flexibility index (Phi) is 5.68. The molecule has 3 aromatic rings. The maximum absolute atomic E-state index is 12.5. The summed E-state index contributed by atoms with van der Waals surface area (Å²) in [5, 5.41) is 4.55. The molecule has 0 aliphatic carbocycles. The molecule has 0 saturated heterocycles. The minimum absolute atomic E-state index is 0.0733. The number of carbonyl (C=O) groups is 1. The molecule has 0 spiro atoms. The van der Waals surface area contributed by atoms with Crippen molar-refractivity contribution in [2.24, 2.45) is 0 Å². The molecule has 0 fully saturated rings. The van der Waals surface area contributed by atoms with Crippen LogP contribution in [0.4, 0.5) is 0 Å². The summed E-state index contributed by atoms with van der Waals surface area (Å²) in [4.78, 5) is 18.1. The van der Waals surface area contributed by atoms with Gasteiger partial charge in [0.25, 0.3) is 5.91 Å². The molecular formula is C22H23ClN2OS. The third-order valence-electron chi connectivity index (χ3n) is 4.42. The van der Waals surface area contributed by atoms with E-state index in [1.165, 1.54) is 5.56 Å². The van der Waals surface area contributed by atoms with Crippen molar-refractivity contribution >= 4 is 28.8 Å². The van der Waals surface area contributed by atoms with E-state index in [0.29, 0.717) is 17.1 Å². The van der Waals surface area contributed by atoms with Crippen LogP contribution >= 0.6 is 22.9 Å². The van der Waals surface area contributed by atoms with Gasteiger partial charge in [-0.3, -0.25) is 4.79 Å². The van der Waals surface area contributed by atoms with Crippen LogP contribution in [0.25, 0.3) is 10.6 Å². The number of rotatable bonds is 4. The van der Waals surface area contributed by atoms with E-state index in [1.807, 2.05) is 55.5 Å². The van der Waals surface area contributed by atoms with Crippen LogP contribution in [-0.4, -0.2) is 10.9 Å². The van der Waals surface area contributed by atoms with Gasteiger partial charge in [-0.05, 0) is 36.1 Å². The van der Waals surface area contributed by atoms with E-state index in [1.54, 1.807) is 11.3 Å². The highest BCUT2D eigenvalue weighted by Gasteiger charge is 2.15. The molecule has 0 bridgehead atoms. The second-order valence-electron chi connectivity index (χ2n) is 7.52. The zero-order chi connectivity index (χ0) is 19.6. The molecule has 0 aliphatic rings. The molecule has 1 aromatic heterocycles. The van der Waals surface area contributed by atoms with Crippen LogP contribution in [0.5, 0.6) is 0 Å². The molecule has 0 atom stereocenters. The van der Waals surface area contributed by atoms with Gasteiger partial charge < -0.3 is 5.32 Å². The first-order chi connectivity index (χ1) is 12.8. The maximum atomic E-state index is 12.5. The van der Waals surface area contributed by atoms with Crippen molar-refractivity contribution in [1.82, 2.24) is 10.3 Å². The molecule has 0 unspecified atom stereocenters. The number of aromatic nitrogens is 1. The Hall–Kier alpha value is -2.17. The molecule has 0 radical (unpaired) electrons. The van der Waals surface area contributed by atoms with E-state index in [2.05, 4.69) is 31.1 Å². The predicted octanol–water partition coefficient (Wildman–Crippen LogP) is 6.00. The second-order valence-corrected chi connectivity index (χ2v) is 9.01. The van der Waals surface area contributed by atoms with Crippen molar-refractivity contribution in [1.29, 1.82) is 0 Å². The van der Waals surface area contributed by atoms with E-state index >= 15 is 0 Å². The highest BCUT2D eigenvalue weighted by molar-refractivity contribution is 7.15. The van der Waals surface area contributed by atoms with E-state index in [4.69, 9.17) is 11.6 Å². The van der Waals surface area contributed by atoms with Gasteiger partial charge in [0.1, 0.15) is 5.01 Å². The molecule has 1 amide bonds. The fourth-order valence-corrected chi connectivity index (χ4v) is 4.05. The van der Waals surface area contributed by atoms with Crippen LogP contribution in [0.1, 0.15) is 47.3 Å². The summed E-state index contributed by atoms with van der Waals surface area (Å²) in [6, 6.07) is 15.5. The van der Waals surface area contributed by atoms with Crippen LogP contribution in [0.2, 0.25) is 5.02 Å². The Morgan fingerprint density at radius 3 is 2.41 bits per heavy atom. The lowest BCUT2D eigenvalue weighted by Gasteiger charge is -2.19. The van der Waals surface area contributed by atoms with E-state index in [0.717, 1.165) is 21.1 Å². The Morgan fingerprint density at radius 2 is 1.78 bits per heavy atom. The minimum Gasteiger partial charge on any atom is -0.347 e. The number of halogens is 1. The normalized spacial score (nSPS) is 11.4. The number of hydrogen-bond acceptors (Lipinski definition) is 3. The molecule has 140 valence electrons. The van der Waals surface area contributed by atoms with Crippen LogP contribution in [0, 0.1) is 6.92 Å². The summed E-state index contributed by atoms with van der Waals surface area (Å²) in [6.07, 6.45) is 0. The molecule has 0 aliphatic heterocycles. The molecule has 3 rings (SSSR count). The van der Waals surface area contributed by atoms with Crippen molar-refractivity contribution < 1.29 is 4.79 Å². The molecule has 2 aromatic carbocycles. The Bertz CT molecular complexity index is 955. The van der Waals surface area contributed by atoms with Crippen molar-refractivity contribution in [2.75, 3.05) is 0 Å². The SMILES string of the molecule is Cc1nc(-c2ccccc2Cl)sc1CNC(=O)c1ccc(C(C)(C)C)cc1. The van der Waals surface area contributed by atoms with Gasteiger partial charge >= 0.3 is 0 Å². The molecular weight excluding hydrogens is 376 g/mol. The Balaban J connectivity index is 1.70. The lowest BCUT2D eigenvalue weighted by molar-refractivity contribution is 0.0951. The fourth-order valence-electron chi connectivity index (χ4n) is 2.73. The standard InChI is InChI=1S/C22H23ClN2OS/c1-14-19(27-21(25-14)17-7-5-6-8-18(17)23)13-24-20(26)15-9-11-16(12-10-15)22(2,3)4/h5-12H,13H2,1-4H3,(H,24,26). The van der Waals surface area contributed by atoms with Gasteiger partial charge in [0.05, 0.1) is 17.3 Å². The van der Waals surface area contributed by atoms with Crippen LogP contribution in [-0.2, 0) is 12.0 Å². The number of amides is 1. The predicted molar refractivity (Wildman–Crippen MR) is 114 cm³/mol. The van der Waals surface area contributed by atoms with Crippen molar-refractivity contribution in [3.63, 3.8) is 0 Å². The molecule has 1 heterocycles. The lowest BCUT2D eigenvalue weighted by atomic mass is 9.87. The Morgan fingerprint density at radius 1 is 1.11 bits per heavy atom. The smallest absolute Gasteiger partial charge is 0.251 e. The highest BCUT2D eigenvalue weighted by Crippen LogP contribution is 2.32. The molecule has 0 saturated carbocycles. The molecule has 1 N–H and O–H groups in total. The van der Waals surface area contributed by atoms with Gasteiger partial charge in [0.2, 0.25) is 0 Å². The summed E-state index contributed by atoms with van der Waals surface area (Å²) < 4.78 is 0. The van der Waals surface area contributed by atoms with Gasteiger partial charge in [-0.2, -0.15) is 0 Å². The maximum Gasteiger partial charge on any atom is 0.251 e. The third kappa shape index (κ3) is 4.57. The summed E-state index contributed by atoms with van der Waals surface area (Å²) in [6.45, 7) is 8.88. The number of aryl methyl sites for hydroxylation is 1. The summed E-state index contributed by atoms with van der Waals surface area (Å²) in [5.41, 5.74) is 3.78. The first-order valence-corrected chi connectivity index (χ1v) is 10.0. The fraction of sp³-hybridized carbons (Fsp3) is 0.273. The van der Waals surface area contributed by atoms with Crippen molar-refractivity contribution in [2.45, 2.75) is 39.7 Å². The number of nitrogens with zero attached hydrogens (tertiary/aromatic N) is 1. The molecule has 5 heteroatoms. The minimum atomic E-state index is -0.0810. The van der Waals surface area contributed by atoms with Crippen LogP contribution in [0.15, 0.2) is 48.5 Å². The van der Waals surface area contributed by atoms with Crippen LogP contribution < -0.4 is 5.32 Å². The summed E-state index contributed by atoms with van der Waals surface area (Å²) in [7, 11) is 0. The first kappa shape index (κ1) is 19.6. The van der Waals surface area contributed by atoms with E-state index < -0.39 is 0 Å². The quantitative estimate of drug-likeness (QED) is 0.585. The number of nitrogens with one attached hydrogen (secondary N) is 1. The van der Waals surface area contributed by atoms with Crippen molar-refractivity contribution in [3.05, 3.63) is 75.3 Å². The van der Waals surface area contributed by atoms with E-state index in [9.17, 15) is 4.79 Å². The van der Waals surface area contributed by atoms with Gasteiger partial charge in [-0.1, -0.05) is 62.7 Å². The number of carbonyl (C=O) groups excluding carboxylic acids is 1. The second kappa shape index (κ2) is 7.83. The monoisotopic (exact) mass is 398 g/mol. The zero-order valence-corrected chi connectivity index (χ0v) is 17.5. The number of benzene rings is 2. The topological polar surface area (TPSA) is 42.0 Å². The van der Waals surface area contributed by atoms with Crippen molar-refractivity contribution in [3.8, 4) is 10.6 Å². The van der Waals surface area contributed by atoms with Gasteiger partial charge in [-0.25, -0.2) is 4.98 Å². The zero-order valence-electron chi connectivity index (χ0n) is 16.0. The summed E-state index contributed by atoms with van der Waals surface area (Å²) >= 11 is 7.83. The molecule has 27 heavy (non-hydrogen) atoms. The lowest BCUT2D eigenvalue weighted by Crippen LogP contribution is -2.23. The molecule has 3 nitrogen and oxygen atoms in total. The largest absolute Gasteiger partial charge is 0.347 e. The van der Waals surface area contributed by atoms with Gasteiger partial charge in [-0.15, -0.1) is 11.3 Å². The van der Waals surface area contributed by atoms with Gasteiger partial charge in [0.15, 0.2) is 0 Å². The average molecular weight is 399 g/mol. The Labute approximate surface area is 169 Å². The average Bonchev–Trinajstić information content (AvgIpc) is 3.00. The van der Waals surface area contributed by atoms with E-state index in [-0.39, 0.29) is 11.3 Å². The first-order valence-electron chi connectivity index (χ1n) is 8.85. The van der Waals surface area contributed by atoms with Gasteiger partial charge in [0, 0.05) is 16.0 Å². The highest BCUT2D eigenvalue weighted by atomic mass is 35.5. The third-order valence-corrected chi connectivity index (χ3v) is 5.94. The number of thiazole rings is 1. The number of hydrogen-bond donors (Lipinski definition) is 1.